The van der Waals surface area contributed by atoms with E-state index in [1.807, 2.05) is 0 Å². The van der Waals surface area contributed by atoms with Gasteiger partial charge in [0.25, 0.3) is 0 Å². The van der Waals surface area contributed by atoms with Crippen LogP contribution < -0.4 is 0 Å². The molecule has 0 bridgehead atoms. The summed E-state index contributed by atoms with van der Waals surface area (Å²) in [6, 6.07) is 0. The van der Waals surface area contributed by atoms with E-state index in [-0.39, 0.29) is 0 Å². The van der Waals surface area contributed by atoms with Crippen molar-refractivity contribution in [2.45, 2.75) is 44.3 Å². The molecule has 49 valence electrons. The second-order valence-corrected chi connectivity index (χ2v) is 3.99. The van der Waals surface area contributed by atoms with Crippen LogP contribution >= 0.6 is 0 Å². The molecule has 0 spiro atoms. The average molecular weight is 178 g/mol. The zero-order valence-electron chi connectivity index (χ0n) is 5.81. The Hall–Kier alpha value is 0.519. The zero-order chi connectivity index (χ0) is 6.41. The summed E-state index contributed by atoms with van der Waals surface area (Å²) >= 11 is 3.10. The molecule has 0 fully saturated rings. The molecule has 0 saturated heterocycles. The third-order valence-corrected chi connectivity index (χ3v) is 1.71. The van der Waals surface area contributed by atoms with Crippen molar-refractivity contribution in [2.24, 2.45) is 0 Å². The summed E-state index contributed by atoms with van der Waals surface area (Å²) in [7, 11) is 0. The normalized spacial score (nSPS) is 13.9. The van der Waals surface area contributed by atoms with Crippen LogP contribution in [0.25, 0.3) is 0 Å². The van der Waals surface area contributed by atoms with Gasteiger partial charge in [0, 0.05) is 0 Å². The first kappa shape index (κ1) is 8.52. The quantitative estimate of drug-likeness (QED) is 0.458. The van der Waals surface area contributed by atoms with Gasteiger partial charge >= 0.3 is 60.4 Å². The second kappa shape index (κ2) is 5.65. The van der Waals surface area contributed by atoms with Crippen molar-refractivity contribution in [3.8, 4) is 0 Å². The molecule has 0 rings (SSSR count). The van der Waals surface area contributed by atoms with E-state index >= 15 is 0 Å². The SMILES string of the molecule is CCCCCC(C)[Se]. The number of hydrogen-bond acceptors (Lipinski definition) is 0. The molecule has 0 aromatic carbocycles. The zero-order valence-corrected chi connectivity index (χ0v) is 7.53. The van der Waals surface area contributed by atoms with Gasteiger partial charge in [0.15, 0.2) is 0 Å². The summed E-state index contributed by atoms with van der Waals surface area (Å²) in [6.45, 7) is 4.47. The van der Waals surface area contributed by atoms with Crippen LogP contribution in [0.5, 0.6) is 0 Å². The van der Waals surface area contributed by atoms with Gasteiger partial charge in [-0.3, -0.25) is 0 Å². The maximum atomic E-state index is 3.10. The first-order chi connectivity index (χ1) is 3.77. The Balaban J connectivity index is 2.72. The molecule has 0 amide bonds. The minimum absolute atomic E-state index is 0.779. The molecule has 0 aromatic rings. The van der Waals surface area contributed by atoms with E-state index in [1.54, 1.807) is 0 Å². The van der Waals surface area contributed by atoms with E-state index in [9.17, 15) is 0 Å². The number of rotatable bonds is 4. The van der Waals surface area contributed by atoms with Gasteiger partial charge in [-0.25, -0.2) is 0 Å². The summed E-state index contributed by atoms with van der Waals surface area (Å²) in [5.41, 5.74) is 0. The molecule has 0 aliphatic carbocycles. The summed E-state index contributed by atoms with van der Waals surface area (Å²) in [5, 5.41) is 0. The summed E-state index contributed by atoms with van der Waals surface area (Å²) in [6.07, 6.45) is 5.48. The van der Waals surface area contributed by atoms with Crippen LogP contribution in [0.4, 0.5) is 0 Å². The number of hydrogen-bond donors (Lipinski definition) is 0. The van der Waals surface area contributed by atoms with E-state index in [2.05, 4.69) is 29.9 Å². The fraction of sp³-hybridized carbons (Fsp3) is 1.00. The molecular formula is C7H15Se. The average Bonchev–Trinajstić information content (AvgIpc) is 1.66. The van der Waals surface area contributed by atoms with Crippen molar-refractivity contribution in [2.75, 3.05) is 0 Å². The van der Waals surface area contributed by atoms with Crippen LogP contribution in [0.1, 0.15) is 39.5 Å². The molecular weight excluding hydrogens is 163 g/mol. The molecule has 1 radical (unpaired) electrons. The maximum absolute atomic E-state index is 3.10. The molecule has 0 heterocycles. The standard InChI is InChI=1S/C7H15Se/c1-3-4-5-6-7(2)8/h7H,3-6H2,1-2H3. The van der Waals surface area contributed by atoms with E-state index in [0.29, 0.717) is 0 Å². The van der Waals surface area contributed by atoms with Crippen molar-refractivity contribution < 1.29 is 0 Å². The van der Waals surface area contributed by atoms with Crippen molar-refractivity contribution in [3.63, 3.8) is 0 Å². The number of unbranched alkanes of at least 4 members (excludes halogenated alkanes) is 2. The molecule has 8 heavy (non-hydrogen) atoms. The van der Waals surface area contributed by atoms with Gasteiger partial charge in [-0.15, -0.1) is 0 Å². The van der Waals surface area contributed by atoms with Crippen molar-refractivity contribution in [3.05, 3.63) is 0 Å². The Labute approximate surface area is 60.9 Å². The van der Waals surface area contributed by atoms with E-state index < -0.39 is 0 Å². The van der Waals surface area contributed by atoms with E-state index in [4.69, 9.17) is 0 Å². The summed E-state index contributed by atoms with van der Waals surface area (Å²) in [5.74, 6) is 0. The molecule has 0 nitrogen and oxygen atoms in total. The third kappa shape index (κ3) is 6.52. The van der Waals surface area contributed by atoms with Crippen molar-refractivity contribution in [1.82, 2.24) is 0 Å². The van der Waals surface area contributed by atoms with Crippen LogP contribution in [0.3, 0.4) is 0 Å². The predicted octanol–water partition coefficient (Wildman–Crippen LogP) is 2.54. The Morgan fingerprint density at radius 2 is 2.00 bits per heavy atom. The third-order valence-electron chi connectivity index (χ3n) is 1.21. The second-order valence-electron chi connectivity index (χ2n) is 2.31. The fourth-order valence-corrected chi connectivity index (χ4v) is 1.03. The Morgan fingerprint density at radius 3 is 2.38 bits per heavy atom. The minimum atomic E-state index is 0.779. The molecule has 1 heteroatoms. The van der Waals surface area contributed by atoms with Gasteiger partial charge in [0.2, 0.25) is 0 Å². The van der Waals surface area contributed by atoms with Gasteiger partial charge in [-0.05, 0) is 0 Å². The van der Waals surface area contributed by atoms with Gasteiger partial charge in [-0.2, -0.15) is 0 Å². The fourth-order valence-electron chi connectivity index (χ4n) is 0.682. The van der Waals surface area contributed by atoms with Gasteiger partial charge in [0.05, 0.1) is 0 Å². The first-order valence-electron chi connectivity index (χ1n) is 3.43. The summed E-state index contributed by atoms with van der Waals surface area (Å²) in [4.78, 5) is 0.779. The molecule has 0 aliphatic heterocycles. The Kier molecular flexibility index (Phi) is 6.02. The van der Waals surface area contributed by atoms with Gasteiger partial charge < -0.3 is 0 Å². The molecule has 0 N–H and O–H groups in total. The van der Waals surface area contributed by atoms with Gasteiger partial charge in [-0.1, -0.05) is 0 Å². The monoisotopic (exact) mass is 179 g/mol. The van der Waals surface area contributed by atoms with E-state index in [0.717, 1.165) is 4.82 Å². The van der Waals surface area contributed by atoms with Crippen molar-refractivity contribution in [1.29, 1.82) is 0 Å². The molecule has 0 saturated carbocycles. The molecule has 1 atom stereocenters. The molecule has 0 aliphatic rings. The molecule has 0 aromatic heterocycles. The van der Waals surface area contributed by atoms with Crippen LogP contribution in [0, 0.1) is 0 Å². The Morgan fingerprint density at radius 1 is 1.38 bits per heavy atom. The summed E-state index contributed by atoms with van der Waals surface area (Å²) < 4.78 is 0. The Bertz CT molecular complexity index is 41.7. The first-order valence-corrected chi connectivity index (χ1v) is 4.42. The van der Waals surface area contributed by atoms with Crippen LogP contribution in [-0.4, -0.2) is 16.0 Å². The topological polar surface area (TPSA) is 0 Å². The van der Waals surface area contributed by atoms with Crippen LogP contribution in [0.15, 0.2) is 0 Å². The molecule has 1 unspecified atom stereocenters. The predicted molar refractivity (Wildman–Crippen MR) is 39.3 cm³/mol. The van der Waals surface area contributed by atoms with E-state index in [1.165, 1.54) is 25.7 Å². The van der Waals surface area contributed by atoms with Crippen LogP contribution in [0.2, 0.25) is 4.82 Å². The van der Waals surface area contributed by atoms with Crippen molar-refractivity contribution >= 4 is 16.0 Å². The van der Waals surface area contributed by atoms with Crippen LogP contribution in [-0.2, 0) is 0 Å². The van der Waals surface area contributed by atoms with Gasteiger partial charge in [0.1, 0.15) is 0 Å².